The molecule has 2 amide bonds. The molecule has 2 aliphatic rings. The summed E-state index contributed by atoms with van der Waals surface area (Å²) in [5, 5.41) is 13.2. The third-order valence-corrected chi connectivity index (χ3v) is 7.66. The predicted molar refractivity (Wildman–Crippen MR) is 131 cm³/mol. The molecule has 0 bridgehead atoms. The van der Waals surface area contributed by atoms with Crippen molar-refractivity contribution in [2.45, 2.75) is 55.5 Å². The van der Waals surface area contributed by atoms with Gasteiger partial charge in [-0.2, -0.15) is 0 Å². The lowest BCUT2D eigenvalue weighted by Gasteiger charge is -2.13. The van der Waals surface area contributed by atoms with Crippen LogP contribution in [0, 0.1) is 0 Å². The van der Waals surface area contributed by atoms with Crippen molar-refractivity contribution < 1.29 is 9.59 Å². The van der Waals surface area contributed by atoms with E-state index in [-0.39, 0.29) is 5.91 Å². The summed E-state index contributed by atoms with van der Waals surface area (Å²) < 4.78 is 2.15. The van der Waals surface area contributed by atoms with Gasteiger partial charge in [0.1, 0.15) is 5.82 Å². The van der Waals surface area contributed by atoms with Gasteiger partial charge in [-0.1, -0.05) is 30.0 Å². The summed E-state index contributed by atoms with van der Waals surface area (Å²) in [6.07, 6.45) is 6.74. The normalized spacial score (nSPS) is 16.0. The first kappa shape index (κ1) is 21.0. The first-order chi connectivity index (χ1) is 16.5. The van der Waals surface area contributed by atoms with Crippen molar-refractivity contribution in [1.82, 2.24) is 24.7 Å². The standard InChI is InChI=1S/C24H25N7O2S/c1-12(23(33)28-21-19(20(25)32)15-6-4-8-18(15)27-21)34-24-30-29-22(31(24)13-9-10-13)16-11-26-17-7-3-2-5-14(16)17/h2-3,5,7,11-13,26-27H,4,6,8-10H2,1H3,(H2,25,32)(H,28,33). The third-order valence-electron chi connectivity index (χ3n) is 6.60. The predicted octanol–water partition coefficient (Wildman–Crippen LogP) is 3.80. The molecule has 0 saturated heterocycles. The fraction of sp³-hybridized carbons (Fsp3) is 0.333. The van der Waals surface area contributed by atoms with Crippen LogP contribution in [-0.4, -0.2) is 41.8 Å². The van der Waals surface area contributed by atoms with E-state index < -0.39 is 11.2 Å². The number of nitrogens with zero attached hydrogens (tertiary/aromatic N) is 3. The van der Waals surface area contributed by atoms with Crippen LogP contribution in [0.3, 0.4) is 0 Å². The molecule has 34 heavy (non-hydrogen) atoms. The highest BCUT2D eigenvalue weighted by Crippen LogP contribution is 2.43. The van der Waals surface area contributed by atoms with Gasteiger partial charge in [0.2, 0.25) is 5.91 Å². The maximum atomic E-state index is 13.1. The van der Waals surface area contributed by atoms with Gasteiger partial charge in [-0.3, -0.25) is 14.2 Å². The van der Waals surface area contributed by atoms with E-state index in [2.05, 4.69) is 36.1 Å². The van der Waals surface area contributed by atoms with E-state index in [1.54, 1.807) is 0 Å². The highest BCUT2D eigenvalue weighted by atomic mass is 32.2. The number of nitrogens with one attached hydrogen (secondary N) is 3. The van der Waals surface area contributed by atoms with Crippen LogP contribution in [0.5, 0.6) is 0 Å². The Morgan fingerprint density at radius 1 is 1.24 bits per heavy atom. The van der Waals surface area contributed by atoms with Crippen molar-refractivity contribution in [3.8, 4) is 11.4 Å². The number of aromatic amines is 2. The number of aryl methyl sites for hydroxylation is 1. The Balaban J connectivity index is 1.26. The Labute approximate surface area is 199 Å². The van der Waals surface area contributed by atoms with E-state index in [1.165, 1.54) is 11.8 Å². The summed E-state index contributed by atoms with van der Waals surface area (Å²) in [5.41, 5.74) is 9.99. The molecule has 0 radical (unpaired) electrons. The second-order valence-corrected chi connectivity index (χ2v) is 10.3. The topological polar surface area (TPSA) is 134 Å². The Morgan fingerprint density at radius 3 is 2.85 bits per heavy atom. The van der Waals surface area contributed by atoms with E-state index in [0.717, 1.165) is 70.8 Å². The molecule has 1 saturated carbocycles. The first-order valence-electron chi connectivity index (χ1n) is 11.5. The van der Waals surface area contributed by atoms with Crippen LogP contribution in [0.4, 0.5) is 5.82 Å². The largest absolute Gasteiger partial charge is 0.365 e. The maximum Gasteiger partial charge on any atom is 0.252 e. The van der Waals surface area contributed by atoms with Crippen molar-refractivity contribution in [3.63, 3.8) is 0 Å². The number of aromatic nitrogens is 5. The highest BCUT2D eigenvalue weighted by Gasteiger charge is 2.33. The van der Waals surface area contributed by atoms with Gasteiger partial charge in [-0.25, -0.2) is 0 Å². The van der Waals surface area contributed by atoms with Gasteiger partial charge in [0.25, 0.3) is 5.91 Å². The summed E-state index contributed by atoms with van der Waals surface area (Å²) >= 11 is 1.37. The SMILES string of the molecule is CC(Sc1nnc(-c2c[nH]c3ccccc23)n1C1CC1)C(=O)Nc1[nH]c2c(c1C(N)=O)CCC2. The molecule has 1 aromatic carbocycles. The van der Waals surface area contributed by atoms with Crippen LogP contribution in [0.15, 0.2) is 35.6 Å². The van der Waals surface area contributed by atoms with Crippen molar-refractivity contribution in [2.75, 3.05) is 5.32 Å². The van der Waals surface area contributed by atoms with E-state index >= 15 is 0 Å². The van der Waals surface area contributed by atoms with Gasteiger partial charge in [-0.15, -0.1) is 10.2 Å². The quantitative estimate of drug-likeness (QED) is 0.302. The molecule has 3 aromatic heterocycles. The lowest BCUT2D eigenvalue weighted by molar-refractivity contribution is -0.115. The number of para-hydroxylation sites is 1. The number of carbonyl (C=O) groups excluding carboxylic acids is 2. The number of hydrogen-bond donors (Lipinski definition) is 4. The molecule has 1 unspecified atom stereocenters. The second kappa shape index (κ2) is 8.05. The minimum Gasteiger partial charge on any atom is -0.365 e. The molecule has 0 aliphatic heterocycles. The van der Waals surface area contributed by atoms with Crippen LogP contribution < -0.4 is 11.1 Å². The van der Waals surface area contributed by atoms with Gasteiger partial charge < -0.3 is 21.0 Å². The average Bonchev–Trinajstić information content (AvgIpc) is 3.15. The van der Waals surface area contributed by atoms with Crippen molar-refractivity contribution in [1.29, 1.82) is 0 Å². The number of fused-ring (bicyclic) bond motifs is 2. The van der Waals surface area contributed by atoms with Gasteiger partial charge in [0.05, 0.1) is 10.8 Å². The Hall–Kier alpha value is -3.53. The minimum absolute atomic E-state index is 0.216. The minimum atomic E-state index is -0.521. The molecule has 10 heteroatoms. The summed E-state index contributed by atoms with van der Waals surface area (Å²) in [7, 11) is 0. The molecule has 2 aliphatic carbocycles. The zero-order chi connectivity index (χ0) is 23.4. The number of anilines is 1. The Kier molecular flexibility index (Phi) is 4.98. The molecular formula is C24H25N7O2S. The number of H-pyrrole nitrogens is 2. The van der Waals surface area contributed by atoms with E-state index in [9.17, 15) is 9.59 Å². The summed E-state index contributed by atoms with van der Waals surface area (Å²) in [6, 6.07) is 8.45. The fourth-order valence-corrected chi connectivity index (χ4v) is 5.70. The molecular weight excluding hydrogens is 450 g/mol. The molecule has 174 valence electrons. The molecule has 1 atom stereocenters. The monoisotopic (exact) mass is 475 g/mol. The summed E-state index contributed by atoms with van der Waals surface area (Å²) in [6.45, 7) is 1.83. The number of rotatable bonds is 7. The molecule has 0 spiro atoms. The number of nitrogens with two attached hydrogens (primary N) is 1. The first-order valence-corrected chi connectivity index (χ1v) is 12.4. The molecule has 6 rings (SSSR count). The Bertz CT molecular complexity index is 1430. The average molecular weight is 476 g/mol. The lowest BCUT2D eigenvalue weighted by atomic mass is 10.1. The van der Waals surface area contributed by atoms with E-state index in [1.807, 2.05) is 31.3 Å². The van der Waals surface area contributed by atoms with Crippen molar-refractivity contribution in [3.05, 3.63) is 47.3 Å². The zero-order valence-electron chi connectivity index (χ0n) is 18.7. The number of hydrogen-bond acceptors (Lipinski definition) is 5. The van der Waals surface area contributed by atoms with Crippen LogP contribution in [-0.2, 0) is 17.6 Å². The number of carbonyl (C=O) groups is 2. The summed E-state index contributed by atoms with van der Waals surface area (Å²) in [4.78, 5) is 31.6. The summed E-state index contributed by atoms with van der Waals surface area (Å²) in [5.74, 6) is 0.475. The van der Waals surface area contributed by atoms with E-state index in [4.69, 9.17) is 5.73 Å². The van der Waals surface area contributed by atoms with Crippen molar-refractivity contribution in [2.24, 2.45) is 5.73 Å². The number of primary amides is 1. The Morgan fingerprint density at radius 2 is 2.06 bits per heavy atom. The van der Waals surface area contributed by atoms with Crippen LogP contribution in [0.2, 0.25) is 0 Å². The fourth-order valence-electron chi connectivity index (χ4n) is 4.78. The maximum absolute atomic E-state index is 13.1. The lowest BCUT2D eigenvalue weighted by Crippen LogP contribution is -2.25. The highest BCUT2D eigenvalue weighted by molar-refractivity contribution is 8.00. The number of benzene rings is 1. The van der Waals surface area contributed by atoms with Crippen LogP contribution in [0.25, 0.3) is 22.3 Å². The second-order valence-electron chi connectivity index (χ2n) is 8.95. The molecule has 9 nitrogen and oxygen atoms in total. The molecule has 4 aromatic rings. The van der Waals surface area contributed by atoms with Crippen molar-refractivity contribution >= 4 is 40.3 Å². The number of amides is 2. The van der Waals surface area contributed by atoms with Gasteiger partial charge in [0, 0.05) is 34.4 Å². The van der Waals surface area contributed by atoms with Gasteiger partial charge in [-0.05, 0) is 50.7 Å². The van der Waals surface area contributed by atoms with Crippen LogP contribution in [0.1, 0.15) is 53.8 Å². The third kappa shape index (κ3) is 3.49. The zero-order valence-corrected chi connectivity index (χ0v) is 19.5. The molecule has 5 N–H and O–H groups in total. The molecule has 1 fully saturated rings. The molecule has 3 heterocycles. The smallest absolute Gasteiger partial charge is 0.252 e. The number of thioether (sulfide) groups is 1. The van der Waals surface area contributed by atoms with Crippen LogP contribution >= 0.6 is 11.8 Å². The van der Waals surface area contributed by atoms with Gasteiger partial charge in [0.15, 0.2) is 11.0 Å². The van der Waals surface area contributed by atoms with Gasteiger partial charge >= 0.3 is 0 Å². The van der Waals surface area contributed by atoms with E-state index in [0.29, 0.717) is 17.4 Å².